The standard InChI is InChI=1S/C16H24N2O3S/c1-17(22(2,20)21)15(14-10-6-5-7-11-14)16(19)18-12-8-3-4-9-13-18/h5-7,10-11,15H,3-4,8-9,12-13H2,1-2H3/t15-/m1/s1. The lowest BCUT2D eigenvalue weighted by atomic mass is 10.1. The molecule has 0 N–H and O–H groups in total. The Hall–Kier alpha value is -1.40. The minimum atomic E-state index is -3.46. The Morgan fingerprint density at radius 2 is 1.64 bits per heavy atom. The summed E-state index contributed by atoms with van der Waals surface area (Å²) in [5.74, 6) is -0.124. The van der Waals surface area contributed by atoms with Crippen molar-refractivity contribution in [1.29, 1.82) is 0 Å². The van der Waals surface area contributed by atoms with Crippen LogP contribution in [0.15, 0.2) is 30.3 Å². The predicted octanol–water partition coefficient (Wildman–Crippen LogP) is 2.02. The number of carbonyl (C=O) groups excluding carboxylic acids is 1. The van der Waals surface area contributed by atoms with Gasteiger partial charge in [-0.3, -0.25) is 4.79 Å². The van der Waals surface area contributed by atoms with E-state index in [1.54, 1.807) is 0 Å². The van der Waals surface area contributed by atoms with Crippen LogP contribution in [0, 0.1) is 0 Å². The Labute approximate surface area is 133 Å². The summed E-state index contributed by atoms with van der Waals surface area (Å²) in [4.78, 5) is 14.8. The molecule has 0 radical (unpaired) electrons. The second-order valence-electron chi connectivity index (χ2n) is 5.83. The highest BCUT2D eigenvalue weighted by Crippen LogP contribution is 2.25. The molecule has 2 rings (SSSR count). The number of carbonyl (C=O) groups is 1. The smallest absolute Gasteiger partial charge is 0.245 e. The van der Waals surface area contributed by atoms with Gasteiger partial charge in [0, 0.05) is 20.1 Å². The van der Waals surface area contributed by atoms with E-state index in [4.69, 9.17) is 0 Å². The SMILES string of the molecule is CN([C@@H](C(=O)N1CCCCCC1)c1ccccc1)S(C)(=O)=O. The zero-order valence-electron chi connectivity index (χ0n) is 13.2. The van der Waals surface area contributed by atoms with Crippen LogP contribution < -0.4 is 0 Å². The first-order chi connectivity index (χ1) is 10.4. The molecule has 1 amide bonds. The number of benzene rings is 1. The third-order valence-electron chi connectivity index (χ3n) is 4.15. The van der Waals surface area contributed by atoms with E-state index in [0.717, 1.165) is 31.9 Å². The zero-order valence-corrected chi connectivity index (χ0v) is 14.1. The van der Waals surface area contributed by atoms with Crippen molar-refractivity contribution < 1.29 is 13.2 Å². The maximum atomic E-state index is 13.0. The summed E-state index contributed by atoms with van der Waals surface area (Å²) in [6.45, 7) is 1.42. The van der Waals surface area contributed by atoms with Crippen LogP contribution in [0.4, 0.5) is 0 Å². The van der Waals surface area contributed by atoms with Crippen LogP contribution in [0.5, 0.6) is 0 Å². The van der Waals surface area contributed by atoms with Gasteiger partial charge in [-0.15, -0.1) is 0 Å². The van der Waals surface area contributed by atoms with Gasteiger partial charge in [0.2, 0.25) is 15.9 Å². The molecule has 6 heteroatoms. The van der Waals surface area contributed by atoms with E-state index in [2.05, 4.69) is 0 Å². The number of sulfonamides is 1. The Balaban J connectivity index is 2.33. The van der Waals surface area contributed by atoms with Crippen LogP contribution in [0.2, 0.25) is 0 Å². The van der Waals surface area contributed by atoms with Crippen molar-refractivity contribution in [2.45, 2.75) is 31.7 Å². The number of nitrogens with zero attached hydrogens (tertiary/aromatic N) is 2. The van der Waals surface area contributed by atoms with E-state index in [1.807, 2.05) is 35.2 Å². The van der Waals surface area contributed by atoms with Gasteiger partial charge in [-0.2, -0.15) is 4.31 Å². The molecular formula is C16H24N2O3S. The van der Waals surface area contributed by atoms with Crippen LogP contribution in [-0.4, -0.2) is 49.9 Å². The summed E-state index contributed by atoms with van der Waals surface area (Å²) in [5, 5.41) is 0. The second kappa shape index (κ2) is 7.24. The largest absolute Gasteiger partial charge is 0.341 e. The first kappa shape index (κ1) is 17.0. The lowest BCUT2D eigenvalue weighted by Crippen LogP contribution is -2.43. The minimum absolute atomic E-state index is 0.124. The fourth-order valence-corrected chi connectivity index (χ4v) is 3.39. The van der Waals surface area contributed by atoms with Crippen LogP contribution >= 0.6 is 0 Å². The molecule has 1 aromatic rings. The van der Waals surface area contributed by atoms with Crippen LogP contribution in [0.3, 0.4) is 0 Å². The highest BCUT2D eigenvalue weighted by molar-refractivity contribution is 7.88. The molecule has 0 saturated carbocycles. The molecule has 5 nitrogen and oxygen atoms in total. The fourth-order valence-electron chi connectivity index (χ4n) is 2.80. The van der Waals surface area contributed by atoms with Crippen molar-refractivity contribution in [2.75, 3.05) is 26.4 Å². The van der Waals surface area contributed by atoms with Gasteiger partial charge in [-0.05, 0) is 18.4 Å². The molecule has 0 aliphatic carbocycles. The molecule has 1 saturated heterocycles. The van der Waals surface area contributed by atoms with E-state index < -0.39 is 16.1 Å². The first-order valence-electron chi connectivity index (χ1n) is 7.68. The molecule has 122 valence electrons. The second-order valence-corrected chi connectivity index (χ2v) is 7.87. The number of likely N-dealkylation sites (N-methyl/N-ethyl adjacent to an activating group) is 1. The van der Waals surface area contributed by atoms with Gasteiger partial charge in [0.15, 0.2) is 0 Å². The molecule has 1 aliphatic heterocycles. The van der Waals surface area contributed by atoms with Gasteiger partial charge in [-0.1, -0.05) is 43.2 Å². The summed E-state index contributed by atoms with van der Waals surface area (Å²) >= 11 is 0. The van der Waals surface area contributed by atoms with Crippen molar-refractivity contribution in [1.82, 2.24) is 9.21 Å². The summed E-state index contributed by atoms with van der Waals surface area (Å²) in [6.07, 6.45) is 5.35. The lowest BCUT2D eigenvalue weighted by molar-refractivity contribution is -0.135. The molecule has 1 fully saturated rings. The zero-order chi connectivity index (χ0) is 16.2. The van der Waals surface area contributed by atoms with Gasteiger partial charge in [0.1, 0.15) is 6.04 Å². The predicted molar refractivity (Wildman–Crippen MR) is 86.8 cm³/mol. The average molecular weight is 324 g/mol. The number of hydrogen-bond donors (Lipinski definition) is 0. The highest BCUT2D eigenvalue weighted by atomic mass is 32.2. The monoisotopic (exact) mass is 324 g/mol. The minimum Gasteiger partial charge on any atom is -0.341 e. The van der Waals surface area contributed by atoms with E-state index in [-0.39, 0.29) is 5.91 Å². The van der Waals surface area contributed by atoms with Crippen molar-refractivity contribution in [3.8, 4) is 0 Å². The first-order valence-corrected chi connectivity index (χ1v) is 9.53. The molecule has 1 heterocycles. The number of rotatable bonds is 4. The quantitative estimate of drug-likeness (QED) is 0.851. The Kier molecular flexibility index (Phi) is 5.58. The van der Waals surface area contributed by atoms with Crippen molar-refractivity contribution >= 4 is 15.9 Å². The van der Waals surface area contributed by atoms with Gasteiger partial charge in [0.25, 0.3) is 0 Å². The number of amides is 1. The summed E-state index contributed by atoms with van der Waals surface area (Å²) in [5.41, 5.74) is 0.713. The third kappa shape index (κ3) is 4.08. The summed E-state index contributed by atoms with van der Waals surface area (Å²) in [7, 11) is -1.98. The summed E-state index contributed by atoms with van der Waals surface area (Å²) < 4.78 is 25.1. The normalized spacial score (nSPS) is 18.0. The highest BCUT2D eigenvalue weighted by Gasteiger charge is 2.33. The molecule has 0 spiro atoms. The maximum Gasteiger partial charge on any atom is 0.245 e. The van der Waals surface area contributed by atoms with Crippen molar-refractivity contribution in [3.63, 3.8) is 0 Å². The third-order valence-corrected chi connectivity index (χ3v) is 5.41. The van der Waals surface area contributed by atoms with Crippen molar-refractivity contribution in [3.05, 3.63) is 35.9 Å². The molecule has 0 aromatic heterocycles. The fraction of sp³-hybridized carbons (Fsp3) is 0.562. The number of hydrogen-bond acceptors (Lipinski definition) is 3. The maximum absolute atomic E-state index is 13.0. The van der Waals surface area contributed by atoms with Crippen LogP contribution in [0.25, 0.3) is 0 Å². The Morgan fingerprint density at radius 1 is 1.09 bits per heavy atom. The topological polar surface area (TPSA) is 57.7 Å². The molecule has 0 bridgehead atoms. The van der Waals surface area contributed by atoms with E-state index in [9.17, 15) is 13.2 Å². The Morgan fingerprint density at radius 3 is 2.14 bits per heavy atom. The molecular weight excluding hydrogens is 300 g/mol. The van der Waals surface area contributed by atoms with Gasteiger partial charge < -0.3 is 4.90 Å². The molecule has 0 unspecified atom stereocenters. The van der Waals surface area contributed by atoms with E-state index in [0.29, 0.717) is 18.7 Å². The lowest BCUT2D eigenvalue weighted by Gasteiger charge is -2.31. The molecule has 1 aliphatic rings. The average Bonchev–Trinajstić information content (AvgIpc) is 2.76. The molecule has 1 atom stereocenters. The van der Waals surface area contributed by atoms with Gasteiger partial charge >= 0.3 is 0 Å². The molecule has 22 heavy (non-hydrogen) atoms. The van der Waals surface area contributed by atoms with Gasteiger partial charge in [-0.25, -0.2) is 8.42 Å². The van der Waals surface area contributed by atoms with Crippen LogP contribution in [-0.2, 0) is 14.8 Å². The van der Waals surface area contributed by atoms with Gasteiger partial charge in [0.05, 0.1) is 6.26 Å². The van der Waals surface area contributed by atoms with Crippen LogP contribution in [0.1, 0.15) is 37.3 Å². The summed E-state index contributed by atoms with van der Waals surface area (Å²) in [6, 6.07) is 8.35. The molecule has 1 aromatic carbocycles. The van der Waals surface area contributed by atoms with E-state index in [1.165, 1.54) is 11.4 Å². The Bertz CT molecular complexity index is 593. The number of likely N-dealkylation sites (tertiary alicyclic amines) is 1. The van der Waals surface area contributed by atoms with E-state index >= 15 is 0 Å². The van der Waals surface area contributed by atoms with Crippen molar-refractivity contribution in [2.24, 2.45) is 0 Å².